The molecule has 1 N–H and O–H groups in total. The Morgan fingerprint density at radius 2 is 1.86 bits per heavy atom. The molecule has 4 atom stereocenters. The van der Waals surface area contributed by atoms with Crippen LogP contribution in [-0.2, 0) is 10.8 Å². The summed E-state index contributed by atoms with van der Waals surface area (Å²) in [5, 5.41) is 4.20. The molecule has 0 aromatic carbocycles. The van der Waals surface area contributed by atoms with Gasteiger partial charge in [-0.3, -0.25) is 4.21 Å². The molecule has 0 aliphatic heterocycles. The van der Waals surface area contributed by atoms with Crippen molar-refractivity contribution in [2.75, 3.05) is 12.3 Å². The molecule has 0 spiro atoms. The zero-order chi connectivity index (χ0) is 15.1. The van der Waals surface area contributed by atoms with Gasteiger partial charge in [-0.05, 0) is 50.5 Å². The Morgan fingerprint density at radius 3 is 2.52 bits per heavy atom. The number of hydrogen-bond donors (Lipinski definition) is 1. The van der Waals surface area contributed by atoms with Gasteiger partial charge in [0.2, 0.25) is 0 Å². The summed E-state index contributed by atoms with van der Waals surface area (Å²) in [6.45, 7) is 5.64. The van der Waals surface area contributed by atoms with Gasteiger partial charge in [0.1, 0.15) is 0 Å². The van der Waals surface area contributed by atoms with E-state index in [4.69, 9.17) is 0 Å². The number of nitrogens with one attached hydrogen (secondary N) is 1. The van der Waals surface area contributed by atoms with E-state index in [2.05, 4.69) is 19.2 Å². The van der Waals surface area contributed by atoms with Crippen LogP contribution in [0.2, 0.25) is 0 Å². The predicted octanol–water partition coefficient (Wildman–Crippen LogP) is 4.26. The SMILES string of the molecule is CCCNC(CS(=O)C1CCCC(C)C1)C1CCCCC1. The van der Waals surface area contributed by atoms with Gasteiger partial charge in [0.05, 0.1) is 0 Å². The molecule has 3 heteroatoms. The molecule has 0 bridgehead atoms. The lowest BCUT2D eigenvalue weighted by Crippen LogP contribution is -2.43. The highest BCUT2D eigenvalue weighted by Gasteiger charge is 2.29. The third-order valence-corrected chi connectivity index (χ3v) is 7.34. The minimum absolute atomic E-state index is 0.475. The second-order valence-corrected chi connectivity index (χ2v) is 9.16. The lowest BCUT2D eigenvalue weighted by atomic mass is 9.84. The Morgan fingerprint density at radius 1 is 1.10 bits per heavy atom. The zero-order valence-electron chi connectivity index (χ0n) is 14.1. The van der Waals surface area contributed by atoms with Crippen molar-refractivity contribution in [2.45, 2.75) is 89.3 Å². The van der Waals surface area contributed by atoms with Gasteiger partial charge < -0.3 is 5.32 Å². The number of rotatable bonds is 7. The molecule has 0 aromatic rings. The van der Waals surface area contributed by atoms with E-state index in [0.29, 0.717) is 11.3 Å². The van der Waals surface area contributed by atoms with E-state index in [1.165, 1.54) is 64.2 Å². The molecule has 2 aliphatic rings. The van der Waals surface area contributed by atoms with Gasteiger partial charge in [-0.2, -0.15) is 0 Å². The van der Waals surface area contributed by atoms with Crippen LogP contribution in [0.3, 0.4) is 0 Å². The Bertz CT molecular complexity index is 314. The first-order valence-corrected chi connectivity index (χ1v) is 10.7. The Labute approximate surface area is 134 Å². The third kappa shape index (κ3) is 5.67. The predicted molar refractivity (Wildman–Crippen MR) is 93.1 cm³/mol. The summed E-state index contributed by atoms with van der Waals surface area (Å²) >= 11 is 0. The zero-order valence-corrected chi connectivity index (χ0v) is 14.9. The number of hydrogen-bond acceptors (Lipinski definition) is 2. The van der Waals surface area contributed by atoms with Crippen LogP contribution in [0.1, 0.15) is 78.1 Å². The van der Waals surface area contributed by atoms with Gasteiger partial charge in [0.25, 0.3) is 0 Å². The molecule has 0 amide bonds. The average molecular weight is 314 g/mol. The molecular formula is C18H35NOS. The lowest BCUT2D eigenvalue weighted by molar-refractivity contribution is 0.283. The summed E-state index contributed by atoms with van der Waals surface area (Å²) in [6.07, 6.45) is 13.0. The topological polar surface area (TPSA) is 29.1 Å². The van der Waals surface area contributed by atoms with Crippen LogP contribution in [-0.4, -0.2) is 27.8 Å². The Hall–Kier alpha value is 0.110. The van der Waals surface area contributed by atoms with E-state index in [-0.39, 0.29) is 0 Å². The molecule has 2 fully saturated rings. The molecule has 2 rings (SSSR count). The van der Waals surface area contributed by atoms with Crippen molar-refractivity contribution in [3.63, 3.8) is 0 Å². The van der Waals surface area contributed by atoms with E-state index in [9.17, 15) is 4.21 Å². The first-order valence-electron chi connectivity index (χ1n) is 9.31. The normalized spacial score (nSPS) is 31.0. The summed E-state index contributed by atoms with van der Waals surface area (Å²) in [6, 6.07) is 0.503. The first-order chi connectivity index (χ1) is 10.2. The van der Waals surface area contributed by atoms with E-state index in [1.54, 1.807) is 0 Å². The first kappa shape index (κ1) is 17.5. The molecule has 0 radical (unpaired) electrons. The van der Waals surface area contributed by atoms with Crippen molar-refractivity contribution in [3.05, 3.63) is 0 Å². The molecule has 2 saturated carbocycles. The summed E-state index contributed by atoms with van der Waals surface area (Å²) < 4.78 is 12.8. The van der Waals surface area contributed by atoms with Crippen molar-refractivity contribution in [2.24, 2.45) is 11.8 Å². The summed E-state index contributed by atoms with van der Waals surface area (Å²) in [5.74, 6) is 2.46. The fourth-order valence-electron chi connectivity index (χ4n) is 4.16. The van der Waals surface area contributed by atoms with Crippen molar-refractivity contribution >= 4 is 10.8 Å². The monoisotopic (exact) mass is 313 g/mol. The van der Waals surface area contributed by atoms with Crippen molar-refractivity contribution in [1.29, 1.82) is 0 Å². The lowest BCUT2D eigenvalue weighted by Gasteiger charge is -2.33. The Balaban J connectivity index is 1.88. The van der Waals surface area contributed by atoms with E-state index in [0.717, 1.165) is 24.1 Å². The maximum atomic E-state index is 12.8. The minimum Gasteiger partial charge on any atom is -0.313 e. The standard InChI is InChI=1S/C18H35NOS/c1-3-12-19-18(16-9-5-4-6-10-16)14-21(20)17-11-7-8-15(2)13-17/h15-19H,3-14H2,1-2H3. The van der Waals surface area contributed by atoms with Gasteiger partial charge in [0.15, 0.2) is 0 Å². The molecule has 0 heterocycles. The largest absolute Gasteiger partial charge is 0.313 e. The van der Waals surface area contributed by atoms with E-state index < -0.39 is 10.8 Å². The fourth-order valence-corrected chi connectivity index (χ4v) is 6.15. The minimum atomic E-state index is -0.625. The van der Waals surface area contributed by atoms with Gasteiger partial charge in [-0.15, -0.1) is 0 Å². The smallest absolute Gasteiger partial charge is 0.0394 e. The van der Waals surface area contributed by atoms with Crippen LogP contribution in [0.25, 0.3) is 0 Å². The van der Waals surface area contributed by atoms with Crippen LogP contribution in [0.15, 0.2) is 0 Å². The van der Waals surface area contributed by atoms with Gasteiger partial charge in [0, 0.05) is 27.8 Å². The highest BCUT2D eigenvalue weighted by molar-refractivity contribution is 7.85. The maximum Gasteiger partial charge on any atom is 0.0394 e. The third-order valence-electron chi connectivity index (χ3n) is 5.48. The molecule has 0 aromatic heterocycles. The molecule has 0 saturated heterocycles. The summed E-state index contributed by atoms with van der Waals surface area (Å²) in [7, 11) is -0.625. The molecule has 4 unspecified atom stereocenters. The quantitative estimate of drug-likeness (QED) is 0.761. The van der Waals surface area contributed by atoms with Crippen molar-refractivity contribution in [3.8, 4) is 0 Å². The maximum absolute atomic E-state index is 12.8. The van der Waals surface area contributed by atoms with Crippen LogP contribution >= 0.6 is 0 Å². The second-order valence-electron chi connectivity index (χ2n) is 7.40. The Kier molecular flexibility index (Phi) is 7.73. The highest BCUT2D eigenvalue weighted by atomic mass is 32.2. The molecule has 21 heavy (non-hydrogen) atoms. The van der Waals surface area contributed by atoms with Crippen LogP contribution in [0, 0.1) is 11.8 Å². The average Bonchev–Trinajstić information content (AvgIpc) is 2.52. The summed E-state index contributed by atoms with van der Waals surface area (Å²) in [5.41, 5.74) is 0. The van der Waals surface area contributed by atoms with Gasteiger partial charge >= 0.3 is 0 Å². The molecule has 2 aliphatic carbocycles. The van der Waals surface area contributed by atoms with Gasteiger partial charge in [-0.25, -0.2) is 0 Å². The van der Waals surface area contributed by atoms with Crippen LogP contribution < -0.4 is 5.32 Å². The van der Waals surface area contributed by atoms with E-state index >= 15 is 0 Å². The van der Waals surface area contributed by atoms with Crippen molar-refractivity contribution in [1.82, 2.24) is 5.32 Å². The van der Waals surface area contributed by atoms with Crippen molar-refractivity contribution < 1.29 is 4.21 Å². The molecular weight excluding hydrogens is 278 g/mol. The van der Waals surface area contributed by atoms with E-state index in [1.807, 2.05) is 0 Å². The molecule has 2 nitrogen and oxygen atoms in total. The second kappa shape index (κ2) is 9.29. The summed E-state index contributed by atoms with van der Waals surface area (Å²) in [4.78, 5) is 0. The fraction of sp³-hybridized carbons (Fsp3) is 1.00. The highest BCUT2D eigenvalue weighted by Crippen LogP contribution is 2.30. The van der Waals surface area contributed by atoms with Crippen LogP contribution in [0.4, 0.5) is 0 Å². The van der Waals surface area contributed by atoms with Crippen LogP contribution in [0.5, 0.6) is 0 Å². The molecule has 124 valence electrons. The van der Waals surface area contributed by atoms with Gasteiger partial charge in [-0.1, -0.05) is 46.0 Å².